The first-order valence-corrected chi connectivity index (χ1v) is 13.0. The number of anilines is 1. The van der Waals surface area contributed by atoms with Crippen LogP contribution in [-0.4, -0.2) is 74.2 Å². The predicted molar refractivity (Wildman–Crippen MR) is 133 cm³/mol. The first kappa shape index (κ1) is 25.0. The van der Waals surface area contributed by atoms with E-state index in [1.165, 1.54) is 12.8 Å². The van der Waals surface area contributed by atoms with Gasteiger partial charge in [-0.15, -0.1) is 0 Å². The lowest BCUT2D eigenvalue weighted by molar-refractivity contribution is -0.119. The molecule has 2 saturated carbocycles. The van der Waals surface area contributed by atoms with E-state index in [0.29, 0.717) is 30.2 Å². The fraction of sp³-hybridized carbons (Fsp3) is 0.704. The molecule has 7 heteroatoms. The summed E-state index contributed by atoms with van der Waals surface area (Å²) in [6, 6.07) is 5.61. The Balaban J connectivity index is 1.58. The number of amides is 2. The van der Waals surface area contributed by atoms with Gasteiger partial charge in [0.05, 0.1) is 11.7 Å². The summed E-state index contributed by atoms with van der Waals surface area (Å²) in [6.45, 7) is 7.39. The van der Waals surface area contributed by atoms with Gasteiger partial charge in [-0.3, -0.25) is 14.5 Å². The Labute approximate surface area is 204 Å². The van der Waals surface area contributed by atoms with E-state index in [1.807, 2.05) is 19.2 Å². The molecule has 3 aliphatic rings. The minimum absolute atomic E-state index is 0.0448. The average Bonchev–Trinajstić information content (AvgIpc) is 3.47. The predicted octanol–water partition coefficient (Wildman–Crippen LogP) is 4.03. The maximum Gasteiger partial charge on any atom is 0.257 e. The molecule has 0 unspecified atom stereocenters. The zero-order chi connectivity index (χ0) is 24.2. The van der Waals surface area contributed by atoms with Crippen LogP contribution >= 0.6 is 0 Å². The van der Waals surface area contributed by atoms with Crippen molar-refractivity contribution in [3.63, 3.8) is 0 Å². The third-order valence-electron chi connectivity index (χ3n) is 7.76. The van der Waals surface area contributed by atoms with E-state index in [1.54, 1.807) is 18.1 Å². The molecule has 1 heterocycles. The number of methoxy groups -OCH3 is 1. The van der Waals surface area contributed by atoms with Crippen molar-refractivity contribution >= 4 is 17.5 Å². The maximum absolute atomic E-state index is 13.4. The van der Waals surface area contributed by atoms with Crippen LogP contribution in [0.1, 0.15) is 62.7 Å². The molecule has 0 saturated heterocycles. The van der Waals surface area contributed by atoms with Crippen LogP contribution in [0.3, 0.4) is 0 Å². The second-order valence-corrected chi connectivity index (χ2v) is 10.7. The molecular weight excluding hydrogens is 430 g/mol. The zero-order valence-corrected chi connectivity index (χ0v) is 21.2. The molecule has 0 aromatic heterocycles. The van der Waals surface area contributed by atoms with Crippen LogP contribution in [0.5, 0.6) is 5.75 Å². The molecule has 1 N–H and O–H groups in total. The first-order valence-electron chi connectivity index (χ1n) is 13.0. The van der Waals surface area contributed by atoms with Gasteiger partial charge >= 0.3 is 0 Å². The number of benzene rings is 1. The Bertz CT molecular complexity index is 865. The summed E-state index contributed by atoms with van der Waals surface area (Å²) in [5, 5.41) is 3.05. The highest BCUT2D eigenvalue weighted by Gasteiger charge is 2.32. The summed E-state index contributed by atoms with van der Waals surface area (Å²) in [5.74, 6) is 1.64. The molecule has 4 rings (SSSR count). The largest absolute Gasteiger partial charge is 0.491 e. The Kier molecular flexibility index (Phi) is 8.14. The highest BCUT2D eigenvalue weighted by Crippen LogP contribution is 2.32. The second kappa shape index (κ2) is 11.1. The van der Waals surface area contributed by atoms with Crippen molar-refractivity contribution in [2.24, 2.45) is 17.8 Å². The Morgan fingerprint density at radius 3 is 2.56 bits per heavy atom. The standard InChI is InChI=1S/C27H41N3O4/c1-18-14-30(15-20-9-10-20)19(2)17-34-24-13-22(28-26(31)21-7-5-6-8-21)11-12-23(24)27(32)29(3)16-25(18)33-4/h11-13,18-21,25H,5-10,14-17H2,1-4H3,(H,28,31)/t18-,19+,25+/m1/s1. The summed E-state index contributed by atoms with van der Waals surface area (Å²) >= 11 is 0. The van der Waals surface area contributed by atoms with Crippen LogP contribution in [0.25, 0.3) is 0 Å². The summed E-state index contributed by atoms with van der Waals surface area (Å²) in [7, 11) is 3.55. The van der Waals surface area contributed by atoms with Crippen LogP contribution in [0.2, 0.25) is 0 Å². The third kappa shape index (κ3) is 6.11. The molecular formula is C27H41N3O4. The molecule has 1 aromatic rings. The molecule has 3 atom stereocenters. The number of fused-ring (bicyclic) bond motifs is 1. The first-order chi connectivity index (χ1) is 16.4. The number of ether oxygens (including phenoxy) is 2. The van der Waals surface area contributed by atoms with Gasteiger partial charge in [0.15, 0.2) is 0 Å². The van der Waals surface area contributed by atoms with Crippen LogP contribution in [0.15, 0.2) is 18.2 Å². The Morgan fingerprint density at radius 1 is 1.15 bits per heavy atom. The molecule has 1 aliphatic heterocycles. The third-order valence-corrected chi connectivity index (χ3v) is 7.76. The van der Waals surface area contributed by atoms with Crippen molar-refractivity contribution in [2.45, 2.75) is 64.5 Å². The number of hydrogen-bond acceptors (Lipinski definition) is 5. The van der Waals surface area contributed by atoms with E-state index >= 15 is 0 Å². The van der Waals surface area contributed by atoms with Crippen molar-refractivity contribution in [3.8, 4) is 5.75 Å². The number of carbonyl (C=O) groups excluding carboxylic acids is 2. The van der Waals surface area contributed by atoms with Crippen molar-refractivity contribution < 1.29 is 19.1 Å². The molecule has 188 valence electrons. The molecule has 1 aromatic carbocycles. The number of nitrogens with zero attached hydrogens (tertiary/aromatic N) is 2. The summed E-state index contributed by atoms with van der Waals surface area (Å²) in [6.07, 6.45) is 6.68. The fourth-order valence-electron chi connectivity index (χ4n) is 5.24. The number of rotatable bonds is 5. The Morgan fingerprint density at radius 2 is 1.88 bits per heavy atom. The van der Waals surface area contributed by atoms with Gasteiger partial charge in [0, 0.05) is 57.5 Å². The van der Waals surface area contributed by atoms with Crippen molar-refractivity contribution in [1.29, 1.82) is 0 Å². The van der Waals surface area contributed by atoms with Gasteiger partial charge in [-0.2, -0.15) is 0 Å². The van der Waals surface area contributed by atoms with Gasteiger partial charge in [0.2, 0.25) is 5.91 Å². The number of nitrogens with one attached hydrogen (secondary N) is 1. The summed E-state index contributed by atoms with van der Waals surface area (Å²) < 4.78 is 12.1. The molecule has 2 fully saturated rings. The van der Waals surface area contributed by atoms with E-state index in [2.05, 4.69) is 24.1 Å². The summed E-state index contributed by atoms with van der Waals surface area (Å²) in [5.41, 5.74) is 1.20. The lowest BCUT2D eigenvalue weighted by atomic mass is 10.0. The van der Waals surface area contributed by atoms with Crippen LogP contribution in [-0.2, 0) is 9.53 Å². The lowest BCUT2D eigenvalue weighted by Gasteiger charge is -2.36. The molecule has 2 aliphatic carbocycles. The minimum atomic E-state index is -0.0963. The van der Waals surface area contributed by atoms with Gasteiger partial charge in [0.25, 0.3) is 5.91 Å². The highest BCUT2D eigenvalue weighted by molar-refractivity contribution is 5.98. The van der Waals surface area contributed by atoms with E-state index in [4.69, 9.17) is 9.47 Å². The van der Waals surface area contributed by atoms with Gasteiger partial charge in [-0.25, -0.2) is 0 Å². The van der Waals surface area contributed by atoms with Crippen LogP contribution in [0, 0.1) is 17.8 Å². The quantitative estimate of drug-likeness (QED) is 0.702. The SMILES string of the molecule is CO[C@H]1CN(C)C(=O)c2ccc(NC(=O)C3CCCC3)cc2OC[C@H](C)N(CC2CC2)C[C@H]1C. The molecule has 2 amide bonds. The van der Waals surface area contributed by atoms with E-state index in [-0.39, 0.29) is 35.8 Å². The normalized spacial score (nSPS) is 27.5. The van der Waals surface area contributed by atoms with Crippen LogP contribution in [0.4, 0.5) is 5.69 Å². The van der Waals surface area contributed by atoms with Gasteiger partial charge in [0.1, 0.15) is 12.4 Å². The number of hydrogen-bond donors (Lipinski definition) is 1. The maximum atomic E-state index is 13.4. The average molecular weight is 472 g/mol. The zero-order valence-electron chi connectivity index (χ0n) is 21.2. The van der Waals surface area contributed by atoms with E-state index in [9.17, 15) is 9.59 Å². The van der Waals surface area contributed by atoms with Crippen molar-refractivity contribution in [2.75, 3.05) is 45.7 Å². The highest BCUT2D eigenvalue weighted by atomic mass is 16.5. The van der Waals surface area contributed by atoms with Crippen molar-refractivity contribution in [1.82, 2.24) is 9.80 Å². The van der Waals surface area contributed by atoms with Crippen molar-refractivity contribution in [3.05, 3.63) is 23.8 Å². The lowest BCUT2D eigenvalue weighted by Crippen LogP contribution is -2.47. The number of carbonyl (C=O) groups is 2. The molecule has 7 nitrogen and oxygen atoms in total. The molecule has 0 bridgehead atoms. The molecule has 34 heavy (non-hydrogen) atoms. The van der Waals surface area contributed by atoms with Gasteiger partial charge in [-0.05, 0) is 56.6 Å². The van der Waals surface area contributed by atoms with E-state index in [0.717, 1.165) is 44.7 Å². The molecule has 0 radical (unpaired) electrons. The number of likely N-dealkylation sites (N-methyl/N-ethyl adjacent to an activating group) is 1. The van der Waals surface area contributed by atoms with Gasteiger partial charge in [-0.1, -0.05) is 19.8 Å². The topological polar surface area (TPSA) is 71.1 Å². The van der Waals surface area contributed by atoms with Gasteiger partial charge < -0.3 is 19.7 Å². The fourth-order valence-corrected chi connectivity index (χ4v) is 5.24. The van der Waals surface area contributed by atoms with E-state index < -0.39 is 0 Å². The smallest absolute Gasteiger partial charge is 0.257 e. The van der Waals surface area contributed by atoms with Crippen LogP contribution < -0.4 is 10.1 Å². The second-order valence-electron chi connectivity index (χ2n) is 10.7. The monoisotopic (exact) mass is 471 g/mol. The summed E-state index contributed by atoms with van der Waals surface area (Å²) in [4.78, 5) is 30.3. The molecule has 0 spiro atoms. The minimum Gasteiger partial charge on any atom is -0.491 e. The Hall–Kier alpha value is -2.12.